The predicted molar refractivity (Wildman–Crippen MR) is 103 cm³/mol. The summed E-state index contributed by atoms with van der Waals surface area (Å²) in [6.07, 6.45) is -5.60. The summed E-state index contributed by atoms with van der Waals surface area (Å²) in [5.74, 6) is -8.97. The van der Waals surface area contributed by atoms with E-state index in [9.17, 15) is 39.0 Å². The third kappa shape index (κ3) is 2.66. The van der Waals surface area contributed by atoms with Gasteiger partial charge in [0.25, 0.3) is 0 Å². The minimum absolute atomic E-state index is 0.202. The van der Waals surface area contributed by atoms with Gasteiger partial charge in [-0.3, -0.25) is 4.79 Å². The average molecular weight is 500 g/mol. The number of carbonyl (C=O) groups is 6. The van der Waals surface area contributed by atoms with Crippen LogP contribution in [0, 0.1) is 16.7 Å². The fourth-order valence-electron chi connectivity index (χ4n) is 6.47. The Hall–Kier alpha value is -3.26. The standard InChI is InChI=1S/C21H24O14/c1-8-5-9(33-15(26)13(24)30-3)21(29)19(8)6-10(34-12(23)11(19)22)18(2,20(21)7-32-17(20)28)35-16(27)14(25)31-4/h8-11,22,29H,5-7H2,1-4H3/t8-,9-,10-,11+,18+,19+,20+,21-/m1/s1. The van der Waals surface area contributed by atoms with Crippen molar-refractivity contribution in [1.82, 2.24) is 0 Å². The maximum Gasteiger partial charge on any atom is 0.418 e. The lowest BCUT2D eigenvalue weighted by molar-refractivity contribution is -0.372. The first kappa shape index (κ1) is 24.9. The van der Waals surface area contributed by atoms with E-state index in [-0.39, 0.29) is 12.8 Å². The Kier molecular flexibility index (Phi) is 5.41. The number of esters is 6. The van der Waals surface area contributed by atoms with Crippen LogP contribution >= 0.6 is 0 Å². The molecule has 2 spiro atoms. The SMILES string of the molecule is COC(=O)C(=O)O[C@@H]1C[C@@H](C)[C@@]23C[C@@H](OC(=O)[C@@H]2O)[C@](C)(OC(=O)C(=O)OC)[C@@]2(COC2=O)[C@@]13O. The topological polar surface area (TPSA) is 198 Å². The Morgan fingerprint density at radius 3 is 2.14 bits per heavy atom. The molecule has 2 heterocycles. The molecule has 2 aliphatic carbocycles. The van der Waals surface area contributed by atoms with Gasteiger partial charge in [-0.15, -0.1) is 0 Å². The number of hydrogen-bond donors (Lipinski definition) is 2. The summed E-state index contributed by atoms with van der Waals surface area (Å²) in [4.78, 5) is 74.3. The quantitative estimate of drug-likeness (QED) is 0.230. The molecule has 2 bridgehead atoms. The van der Waals surface area contributed by atoms with Crippen LogP contribution < -0.4 is 0 Å². The summed E-state index contributed by atoms with van der Waals surface area (Å²) in [5, 5.41) is 23.4. The van der Waals surface area contributed by atoms with Gasteiger partial charge in [0.2, 0.25) is 0 Å². The zero-order valence-corrected chi connectivity index (χ0v) is 19.2. The summed E-state index contributed by atoms with van der Waals surface area (Å²) in [6, 6.07) is 0. The van der Waals surface area contributed by atoms with Gasteiger partial charge in [-0.05, 0) is 19.3 Å². The van der Waals surface area contributed by atoms with Gasteiger partial charge in [-0.2, -0.15) is 0 Å². The number of aliphatic hydroxyl groups is 2. The molecule has 4 rings (SSSR count). The molecule has 14 nitrogen and oxygen atoms in total. The largest absolute Gasteiger partial charge is 0.463 e. The monoisotopic (exact) mass is 500 g/mol. The maximum absolute atomic E-state index is 13.2. The fraction of sp³-hybridized carbons (Fsp3) is 0.714. The Bertz CT molecular complexity index is 1040. The predicted octanol–water partition coefficient (Wildman–Crippen LogP) is -2.46. The lowest BCUT2D eigenvalue weighted by Crippen LogP contribution is -2.88. The van der Waals surface area contributed by atoms with Crippen LogP contribution in [-0.2, 0) is 57.2 Å². The zero-order valence-electron chi connectivity index (χ0n) is 19.2. The third-order valence-electron chi connectivity index (χ3n) is 8.25. The van der Waals surface area contributed by atoms with Gasteiger partial charge in [-0.25, -0.2) is 24.0 Å². The fourth-order valence-corrected chi connectivity index (χ4v) is 6.47. The minimum atomic E-state index is -2.61. The first-order valence-electron chi connectivity index (χ1n) is 10.7. The van der Waals surface area contributed by atoms with E-state index in [4.69, 9.17) is 18.9 Å². The smallest absolute Gasteiger partial charge is 0.418 e. The molecule has 4 aliphatic rings. The van der Waals surface area contributed by atoms with Crippen LogP contribution in [0.4, 0.5) is 0 Å². The zero-order chi connectivity index (χ0) is 26.1. The molecule has 4 fully saturated rings. The Morgan fingerprint density at radius 1 is 1.03 bits per heavy atom. The highest BCUT2D eigenvalue weighted by Crippen LogP contribution is 2.73. The van der Waals surface area contributed by atoms with Gasteiger partial charge >= 0.3 is 35.8 Å². The van der Waals surface area contributed by atoms with Crippen molar-refractivity contribution in [2.75, 3.05) is 20.8 Å². The van der Waals surface area contributed by atoms with Gasteiger partial charge in [0.15, 0.2) is 17.1 Å². The normalized spacial score (nSPS) is 43.1. The first-order chi connectivity index (χ1) is 16.3. The van der Waals surface area contributed by atoms with E-state index in [2.05, 4.69) is 9.47 Å². The lowest BCUT2D eigenvalue weighted by Gasteiger charge is -2.69. The van der Waals surface area contributed by atoms with Crippen LogP contribution in [0.2, 0.25) is 0 Å². The lowest BCUT2D eigenvalue weighted by atomic mass is 9.41. The number of aliphatic hydroxyl groups excluding tert-OH is 1. The first-order valence-corrected chi connectivity index (χ1v) is 10.7. The number of cyclic esters (lactones) is 1. The second-order valence-electron chi connectivity index (χ2n) is 9.33. The van der Waals surface area contributed by atoms with Crippen LogP contribution in [0.1, 0.15) is 26.7 Å². The minimum Gasteiger partial charge on any atom is -0.463 e. The summed E-state index contributed by atoms with van der Waals surface area (Å²) in [7, 11) is 1.84. The van der Waals surface area contributed by atoms with Gasteiger partial charge in [0.1, 0.15) is 24.4 Å². The van der Waals surface area contributed by atoms with Crippen molar-refractivity contribution in [3.63, 3.8) is 0 Å². The summed E-state index contributed by atoms with van der Waals surface area (Å²) < 4.78 is 29.7. The average Bonchev–Trinajstić information content (AvgIpc) is 3.01. The van der Waals surface area contributed by atoms with Crippen molar-refractivity contribution in [1.29, 1.82) is 0 Å². The van der Waals surface area contributed by atoms with Gasteiger partial charge < -0.3 is 38.6 Å². The number of carbonyl (C=O) groups excluding carboxylic acids is 6. The molecule has 2 saturated carbocycles. The highest BCUT2D eigenvalue weighted by molar-refractivity contribution is 6.30. The molecular weight excluding hydrogens is 476 g/mol. The third-order valence-corrected chi connectivity index (χ3v) is 8.25. The molecule has 0 aromatic heterocycles. The highest BCUT2D eigenvalue weighted by atomic mass is 16.6. The molecule has 8 atom stereocenters. The molecule has 0 radical (unpaired) electrons. The Balaban J connectivity index is 1.94. The molecule has 35 heavy (non-hydrogen) atoms. The van der Waals surface area contributed by atoms with Crippen LogP contribution in [0.3, 0.4) is 0 Å². The molecule has 2 aliphatic heterocycles. The molecule has 0 aromatic carbocycles. The van der Waals surface area contributed by atoms with Crippen molar-refractivity contribution in [3.8, 4) is 0 Å². The van der Waals surface area contributed by atoms with E-state index in [1.165, 1.54) is 0 Å². The van der Waals surface area contributed by atoms with E-state index in [1.807, 2.05) is 0 Å². The summed E-state index contributed by atoms with van der Waals surface area (Å²) >= 11 is 0. The van der Waals surface area contributed by atoms with Crippen LogP contribution in [-0.4, -0.2) is 96.4 Å². The van der Waals surface area contributed by atoms with Gasteiger partial charge in [0, 0.05) is 11.8 Å². The summed E-state index contributed by atoms with van der Waals surface area (Å²) in [5.41, 5.74) is -8.97. The number of ether oxygens (including phenoxy) is 6. The van der Waals surface area contributed by atoms with E-state index in [0.29, 0.717) is 0 Å². The molecule has 0 aromatic rings. The maximum atomic E-state index is 13.2. The van der Waals surface area contributed by atoms with Crippen molar-refractivity contribution < 1.29 is 67.4 Å². The van der Waals surface area contributed by atoms with E-state index >= 15 is 0 Å². The van der Waals surface area contributed by atoms with E-state index in [1.54, 1.807) is 6.92 Å². The van der Waals surface area contributed by atoms with Crippen LogP contribution in [0.5, 0.6) is 0 Å². The van der Waals surface area contributed by atoms with Crippen LogP contribution in [0.15, 0.2) is 0 Å². The number of fused-ring (bicyclic) bond motifs is 2. The number of rotatable bonds is 2. The molecule has 14 heteroatoms. The van der Waals surface area contributed by atoms with Gasteiger partial charge in [0.05, 0.1) is 14.2 Å². The van der Waals surface area contributed by atoms with Crippen molar-refractivity contribution in [2.45, 2.75) is 56.2 Å². The second kappa shape index (κ2) is 7.62. The molecular formula is C21H24O14. The van der Waals surface area contributed by atoms with Crippen molar-refractivity contribution in [3.05, 3.63) is 0 Å². The Morgan fingerprint density at radius 2 is 1.63 bits per heavy atom. The van der Waals surface area contributed by atoms with Crippen LogP contribution in [0.25, 0.3) is 0 Å². The molecule has 192 valence electrons. The van der Waals surface area contributed by atoms with E-state index < -0.39 is 88.7 Å². The molecule has 0 unspecified atom stereocenters. The van der Waals surface area contributed by atoms with E-state index in [0.717, 1.165) is 21.1 Å². The molecule has 0 amide bonds. The Labute approximate surface area is 197 Å². The second-order valence-corrected chi connectivity index (χ2v) is 9.33. The summed E-state index contributed by atoms with van der Waals surface area (Å²) in [6.45, 7) is 2.10. The molecule has 2 saturated heterocycles. The van der Waals surface area contributed by atoms with Crippen molar-refractivity contribution >= 4 is 35.8 Å². The molecule has 2 N–H and O–H groups in total. The van der Waals surface area contributed by atoms with Gasteiger partial charge in [-0.1, -0.05) is 6.92 Å². The number of hydrogen-bond acceptors (Lipinski definition) is 14. The highest BCUT2D eigenvalue weighted by Gasteiger charge is 2.91. The van der Waals surface area contributed by atoms with Crippen molar-refractivity contribution in [2.24, 2.45) is 16.7 Å². The number of methoxy groups -OCH3 is 2.